The van der Waals surface area contributed by atoms with Crippen molar-refractivity contribution in [1.29, 1.82) is 0 Å². The highest BCUT2D eigenvalue weighted by Crippen LogP contribution is 2.13. The van der Waals surface area contributed by atoms with E-state index in [1.165, 1.54) is 5.56 Å². The molecule has 1 aliphatic heterocycles. The van der Waals surface area contributed by atoms with Crippen molar-refractivity contribution in [3.63, 3.8) is 0 Å². The number of rotatable bonds is 11. The normalized spacial score (nSPS) is 16.7. The lowest BCUT2D eigenvalue weighted by Crippen LogP contribution is -2.38. The number of nitrogens with zero attached hydrogens (tertiary/aromatic N) is 1. The van der Waals surface area contributed by atoms with Gasteiger partial charge in [0.05, 0.1) is 20.3 Å². The van der Waals surface area contributed by atoms with Crippen LogP contribution in [0.4, 0.5) is 0 Å². The van der Waals surface area contributed by atoms with Crippen LogP contribution >= 0.6 is 24.0 Å². The first kappa shape index (κ1) is 24.0. The zero-order valence-corrected chi connectivity index (χ0v) is 18.9. The highest BCUT2D eigenvalue weighted by Gasteiger charge is 2.15. The maximum Gasteiger partial charge on any atom is 0.191 e. The summed E-state index contributed by atoms with van der Waals surface area (Å²) >= 11 is 0. The summed E-state index contributed by atoms with van der Waals surface area (Å²) in [7, 11) is 1.69. The van der Waals surface area contributed by atoms with E-state index in [-0.39, 0.29) is 24.0 Å². The minimum atomic E-state index is 0. The molecule has 0 bridgehead atoms. The second-order valence-corrected chi connectivity index (χ2v) is 6.45. The van der Waals surface area contributed by atoms with Crippen LogP contribution in [0.2, 0.25) is 0 Å². The molecule has 2 rings (SSSR count). The highest BCUT2D eigenvalue weighted by atomic mass is 127. The van der Waals surface area contributed by atoms with Gasteiger partial charge in [0.25, 0.3) is 0 Å². The molecule has 0 spiro atoms. The Bertz CT molecular complexity index is 537. The van der Waals surface area contributed by atoms with E-state index in [1.54, 1.807) is 7.11 Å². The van der Waals surface area contributed by atoms with Gasteiger partial charge in [-0.25, -0.2) is 0 Å². The van der Waals surface area contributed by atoms with E-state index in [0.717, 1.165) is 77.0 Å². The van der Waals surface area contributed by atoms with Gasteiger partial charge in [-0.2, -0.15) is 0 Å². The summed E-state index contributed by atoms with van der Waals surface area (Å²) in [6.45, 7) is 7.81. The Labute approximate surface area is 180 Å². The van der Waals surface area contributed by atoms with Crippen LogP contribution in [0.15, 0.2) is 29.3 Å². The van der Waals surface area contributed by atoms with Crippen molar-refractivity contribution >= 4 is 29.9 Å². The van der Waals surface area contributed by atoms with Crippen molar-refractivity contribution in [1.82, 2.24) is 10.6 Å². The lowest BCUT2D eigenvalue weighted by Gasteiger charge is -2.12. The summed E-state index contributed by atoms with van der Waals surface area (Å²) in [6, 6.07) is 8.16. The van der Waals surface area contributed by atoms with Crippen LogP contribution in [0.5, 0.6) is 5.75 Å². The van der Waals surface area contributed by atoms with E-state index >= 15 is 0 Å². The topological polar surface area (TPSA) is 64.1 Å². The van der Waals surface area contributed by atoms with Crippen LogP contribution in [0, 0.1) is 5.92 Å². The van der Waals surface area contributed by atoms with Crippen molar-refractivity contribution < 1.29 is 14.2 Å². The minimum absolute atomic E-state index is 0. The molecule has 1 aromatic rings. The molecule has 0 aliphatic carbocycles. The Morgan fingerprint density at radius 3 is 2.96 bits per heavy atom. The molecule has 1 saturated heterocycles. The third-order valence-corrected chi connectivity index (χ3v) is 4.28. The molecule has 27 heavy (non-hydrogen) atoms. The maximum absolute atomic E-state index is 5.72. The number of halogens is 1. The van der Waals surface area contributed by atoms with Gasteiger partial charge in [-0.15, -0.1) is 24.0 Å². The largest absolute Gasteiger partial charge is 0.497 e. The molecular weight excluding hydrogens is 457 g/mol. The number of aliphatic imine (C=N–C) groups is 1. The van der Waals surface area contributed by atoms with Gasteiger partial charge in [-0.3, -0.25) is 4.99 Å². The Balaban J connectivity index is 0.00000364. The maximum atomic E-state index is 5.72. The van der Waals surface area contributed by atoms with Crippen molar-refractivity contribution in [3.8, 4) is 5.75 Å². The van der Waals surface area contributed by atoms with Crippen molar-refractivity contribution in [2.75, 3.05) is 53.2 Å². The molecule has 1 aromatic carbocycles. The first-order valence-electron chi connectivity index (χ1n) is 9.62. The number of guanidine groups is 1. The second kappa shape index (κ2) is 14.9. The Kier molecular flexibility index (Phi) is 13.3. The average molecular weight is 491 g/mol. The molecule has 1 fully saturated rings. The monoisotopic (exact) mass is 491 g/mol. The SMILES string of the molecule is CCNC(=NCCCOCC1CCOC1)NCCc1cccc(OC)c1.I. The van der Waals surface area contributed by atoms with Crippen LogP contribution in [-0.2, 0) is 15.9 Å². The molecule has 1 heterocycles. The first-order chi connectivity index (χ1) is 12.8. The van der Waals surface area contributed by atoms with Gasteiger partial charge in [0.2, 0.25) is 0 Å². The van der Waals surface area contributed by atoms with Crippen LogP contribution in [0.3, 0.4) is 0 Å². The zero-order chi connectivity index (χ0) is 18.5. The molecule has 154 valence electrons. The van der Waals surface area contributed by atoms with Crippen molar-refractivity contribution in [3.05, 3.63) is 29.8 Å². The zero-order valence-electron chi connectivity index (χ0n) is 16.5. The third kappa shape index (κ3) is 10.2. The van der Waals surface area contributed by atoms with E-state index in [0.29, 0.717) is 5.92 Å². The Morgan fingerprint density at radius 1 is 1.33 bits per heavy atom. The van der Waals surface area contributed by atoms with Gasteiger partial charge in [-0.05, 0) is 43.9 Å². The van der Waals surface area contributed by atoms with E-state index in [1.807, 2.05) is 12.1 Å². The van der Waals surface area contributed by atoms with Gasteiger partial charge in [0.15, 0.2) is 5.96 Å². The lowest BCUT2D eigenvalue weighted by molar-refractivity contribution is 0.0893. The molecule has 7 heteroatoms. The molecule has 1 aliphatic rings. The standard InChI is InChI=1S/C20H33N3O3.HI/c1-3-21-20(22-10-5-12-25-15-18-9-13-26-16-18)23-11-8-17-6-4-7-19(14-17)24-2;/h4,6-7,14,18H,3,5,8-13,15-16H2,1-2H3,(H2,21,22,23);1H. The van der Waals surface area contributed by atoms with E-state index in [2.05, 4.69) is 34.7 Å². The van der Waals surface area contributed by atoms with Crippen molar-refractivity contribution in [2.45, 2.75) is 26.2 Å². The van der Waals surface area contributed by atoms with Crippen molar-refractivity contribution in [2.24, 2.45) is 10.9 Å². The lowest BCUT2D eigenvalue weighted by atomic mass is 10.1. The van der Waals surface area contributed by atoms with Crippen LogP contribution in [0.25, 0.3) is 0 Å². The van der Waals surface area contributed by atoms with Gasteiger partial charge >= 0.3 is 0 Å². The number of benzene rings is 1. The van der Waals surface area contributed by atoms with Gasteiger partial charge in [-0.1, -0.05) is 12.1 Å². The molecule has 6 nitrogen and oxygen atoms in total. The second-order valence-electron chi connectivity index (χ2n) is 6.45. The number of hydrogen-bond donors (Lipinski definition) is 2. The van der Waals surface area contributed by atoms with E-state index < -0.39 is 0 Å². The smallest absolute Gasteiger partial charge is 0.191 e. The fraction of sp³-hybridized carbons (Fsp3) is 0.650. The summed E-state index contributed by atoms with van der Waals surface area (Å²) in [5, 5.41) is 6.67. The van der Waals surface area contributed by atoms with Crippen LogP contribution < -0.4 is 15.4 Å². The van der Waals surface area contributed by atoms with Gasteiger partial charge in [0, 0.05) is 38.8 Å². The predicted octanol–water partition coefficient (Wildman–Crippen LogP) is 2.85. The number of methoxy groups -OCH3 is 1. The highest BCUT2D eigenvalue weighted by molar-refractivity contribution is 14.0. The van der Waals surface area contributed by atoms with Crippen LogP contribution in [-0.4, -0.2) is 59.1 Å². The fourth-order valence-electron chi connectivity index (χ4n) is 2.82. The van der Waals surface area contributed by atoms with Gasteiger partial charge in [0.1, 0.15) is 5.75 Å². The van der Waals surface area contributed by atoms with E-state index in [9.17, 15) is 0 Å². The summed E-state index contributed by atoms with van der Waals surface area (Å²) in [5.41, 5.74) is 1.25. The molecule has 0 amide bonds. The Morgan fingerprint density at radius 2 is 2.22 bits per heavy atom. The molecule has 1 unspecified atom stereocenters. The Hall–Kier alpha value is -1.06. The molecule has 0 aromatic heterocycles. The summed E-state index contributed by atoms with van der Waals surface area (Å²) < 4.78 is 16.3. The third-order valence-electron chi connectivity index (χ3n) is 4.28. The number of nitrogens with one attached hydrogen (secondary N) is 2. The summed E-state index contributed by atoms with van der Waals surface area (Å²) in [4.78, 5) is 4.61. The summed E-state index contributed by atoms with van der Waals surface area (Å²) in [5.74, 6) is 2.33. The fourth-order valence-corrected chi connectivity index (χ4v) is 2.82. The molecule has 2 N–H and O–H groups in total. The van der Waals surface area contributed by atoms with E-state index in [4.69, 9.17) is 14.2 Å². The van der Waals surface area contributed by atoms with Gasteiger partial charge < -0.3 is 24.8 Å². The summed E-state index contributed by atoms with van der Waals surface area (Å²) in [6.07, 6.45) is 2.98. The minimum Gasteiger partial charge on any atom is -0.497 e. The molecule has 1 atom stereocenters. The molecular formula is C20H34IN3O3. The average Bonchev–Trinajstić information content (AvgIpc) is 3.18. The molecule has 0 radical (unpaired) electrons. The number of hydrogen-bond acceptors (Lipinski definition) is 4. The predicted molar refractivity (Wildman–Crippen MR) is 120 cm³/mol. The quantitative estimate of drug-likeness (QED) is 0.216. The van der Waals surface area contributed by atoms with Crippen LogP contribution in [0.1, 0.15) is 25.3 Å². The first-order valence-corrected chi connectivity index (χ1v) is 9.62. The molecule has 0 saturated carbocycles. The number of ether oxygens (including phenoxy) is 3.